The summed E-state index contributed by atoms with van der Waals surface area (Å²) in [7, 11) is 0. The second-order valence-corrected chi connectivity index (χ2v) is 6.20. The summed E-state index contributed by atoms with van der Waals surface area (Å²) in [5.41, 5.74) is 0. The number of rotatable bonds is 14. The molecule has 118 valence electrons. The molecule has 0 spiro atoms. The molecular weight excluding hydrogens is 248 g/mol. The van der Waals surface area contributed by atoms with E-state index in [1.54, 1.807) is 0 Å². The predicted molar refractivity (Wildman–Crippen MR) is 87.0 cm³/mol. The third-order valence-electron chi connectivity index (χ3n) is 3.58. The molecule has 0 aromatic carbocycles. The Hall–Kier alpha value is -0.790. The van der Waals surface area contributed by atoms with Crippen LogP contribution in [0.5, 0.6) is 0 Å². The standard InChI is InChI=1S/C18H34O2/c1-17(2)15-13-11-9-7-5-3-4-6-8-10-12-14-16-18(19)20/h3-4,17H,5-16H2,1-2H3,(H,19,20)/b4-3+. The molecule has 1 N–H and O–H groups in total. The van der Waals surface area contributed by atoms with Gasteiger partial charge in [0.25, 0.3) is 0 Å². The van der Waals surface area contributed by atoms with Gasteiger partial charge in [0.05, 0.1) is 0 Å². The van der Waals surface area contributed by atoms with E-state index in [4.69, 9.17) is 5.11 Å². The number of unbranched alkanes of at least 4 members (excludes halogenated alkanes) is 8. The third kappa shape index (κ3) is 17.2. The predicted octanol–water partition coefficient (Wildman–Crippen LogP) is 5.96. The number of hydrogen-bond acceptors (Lipinski definition) is 1. The summed E-state index contributed by atoms with van der Waals surface area (Å²) in [5, 5.41) is 8.51. The lowest BCUT2D eigenvalue weighted by molar-refractivity contribution is -0.137. The highest BCUT2D eigenvalue weighted by molar-refractivity contribution is 5.66. The van der Waals surface area contributed by atoms with E-state index in [1.165, 1.54) is 44.9 Å². The number of allylic oxidation sites excluding steroid dienone is 2. The summed E-state index contributed by atoms with van der Waals surface area (Å²) in [6, 6.07) is 0. The fraction of sp³-hybridized carbons (Fsp3) is 0.833. The van der Waals surface area contributed by atoms with Crippen molar-refractivity contribution in [2.75, 3.05) is 0 Å². The normalized spacial score (nSPS) is 11.6. The lowest BCUT2D eigenvalue weighted by atomic mass is 10.0. The fourth-order valence-corrected chi connectivity index (χ4v) is 2.30. The van der Waals surface area contributed by atoms with Crippen molar-refractivity contribution in [1.29, 1.82) is 0 Å². The average molecular weight is 282 g/mol. The first-order valence-corrected chi connectivity index (χ1v) is 8.49. The minimum absolute atomic E-state index is 0.326. The maximum absolute atomic E-state index is 10.3. The van der Waals surface area contributed by atoms with Crippen molar-refractivity contribution in [2.24, 2.45) is 5.92 Å². The molecular formula is C18H34O2. The molecule has 0 saturated carbocycles. The van der Waals surface area contributed by atoms with Gasteiger partial charge in [0.2, 0.25) is 0 Å². The zero-order chi connectivity index (χ0) is 15.1. The monoisotopic (exact) mass is 282 g/mol. The summed E-state index contributed by atoms with van der Waals surface area (Å²) in [4.78, 5) is 10.3. The van der Waals surface area contributed by atoms with Gasteiger partial charge in [-0.15, -0.1) is 0 Å². The van der Waals surface area contributed by atoms with Gasteiger partial charge < -0.3 is 5.11 Å². The first-order valence-electron chi connectivity index (χ1n) is 8.49. The van der Waals surface area contributed by atoms with Crippen molar-refractivity contribution in [1.82, 2.24) is 0 Å². The van der Waals surface area contributed by atoms with Gasteiger partial charge in [0.15, 0.2) is 0 Å². The van der Waals surface area contributed by atoms with Gasteiger partial charge in [-0.2, -0.15) is 0 Å². The molecule has 0 saturated heterocycles. The minimum Gasteiger partial charge on any atom is -0.481 e. The number of carboxylic acid groups (broad SMARTS) is 1. The van der Waals surface area contributed by atoms with Crippen LogP contribution in [-0.2, 0) is 4.79 Å². The quantitative estimate of drug-likeness (QED) is 0.315. The largest absolute Gasteiger partial charge is 0.481 e. The van der Waals surface area contributed by atoms with Crippen LogP contribution in [-0.4, -0.2) is 11.1 Å². The number of aliphatic carboxylic acids is 1. The first-order chi connectivity index (χ1) is 9.63. The van der Waals surface area contributed by atoms with Crippen molar-refractivity contribution >= 4 is 5.97 Å². The maximum atomic E-state index is 10.3. The molecule has 0 unspecified atom stereocenters. The van der Waals surface area contributed by atoms with Gasteiger partial charge in [0, 0.05) is 6.42 Å². The molecule has 20 heavy (non-hydrogen) atoms. The smallest absolute Gasteiger partial charge is 0.303 e. The van der Waals surface area contributed by atoms with Crippen molar-refractivity contribution < 1.29 is 9.90 Å². The second-order valence-electron chi connectivity index (χ2n) is 6.20. The molecule has 0 bridgehead atoms. The molecule has 0 radical (unpaired) electrons. The molecule has 0 aliphatic rings. The lowest BCUT2D eigenvalue weighted by Gasteiger charge is -2.03. The van der Waals surface area contributed by atoms with Crippen LogP contribution in [0.15, 0.2) is 12.2 Å². The van der Waals surface area contributed by atoms with Gasteiger partial charge in [-0.1, -0.05) is 64.5 Å². The van der Waals surface area contributed by atoms with Crippen molar-refractivity contribution in [3.63, 3.8) is 0 Å². The molecule has 2 nitrogen and oxygen atoms in total. The van der Waals surface area contributed by atoms with Crippen LogP contribution in [0.25, 0.3) is 0 Å². The van der Waals surface area contributed by atoms with Crippen molar-refractivity contribution in [3.8, 4) is 0 Å². The van der Waals surface area contributed by atoms with E-state index in [9.17, 15) is 4.79 Å². The Morgan fingerprint density at radius 2 is 1.35 bits per heavy atom. The van der Waals surface area contributed by atoms with Gasteiger partial charge in [-0.05, 0) is 38.0 Å². The van der Waals surface area contributed by atoms with Crippen LogP contribution >= 0.6 is 0 Å². The highest BCUT2D eigenvalue weighted by atomic mass is 16.4. The zero-order valence-corrected chi connectivity index (χ0v) is 13.6. The summed E-state index contributed by atoms with van der Waals surface area (Å²) < 4.78 is 0. The first kappa shape index (κ1) is 19.2. The molecule has 0 aromatic rings. The lowest BCUT2D eigenvalue weighted by Crippen LogP contribution is -1.93. The number of carbonyl (C=O) groups is 1. The molecule has 0 rings (SSSR count). The summed E-state index contributed by atoms with van der Waals surface area (Å²) in [6.45, 7) is 4.59. The Morgan fingerprint density at radius 1 is 0.850 bits per heavy atom. The molecule has 0 aromatic heterocycles. The average Bonchev–Trinajstić information content (AvgIpc) is 2.38. The SMILES string of the molecule is CC(C)CCCCCC/C=C/CCCCCCC(=O)O. The van der Waals surface area contributed by atoms with Crippen LogP contribution < -0.4 is 0 Å². The highest BCUT2D eigenvalue weighted by Gasteiger charge is 1.95. The molecule has 0 aliphatic carbocycles. The van der Waals surface area contributed by atoms with Gasteiger partial charge in [-0.3, -0.25) is 4.79 Å². The summed E-state index contributed by atoms with van der Waals surface area (Å²) in [6.07, 6.45) is 18.4. The Labute approximate surface area is 125 Å². The molecule has 0 heterocycles. The second kappa shape index (κ2) is 14.6. The maximum Gasteiger partial charge on any atom is 0.303 e. The van der Waals surface area contributed by atoms with Crippen LogP contribution in [0.1, 0.15) is 90.9 Å². The van der Waals surface area contributed by atoms with Crippen molar-refractivity contribution in [2.45, 2.75) is 90.9 Å². The van der Waals surface area contributed by atoms with Gasteiger partial charge in [-0.25, -0.2) is 0 Å². The van der Waals surface area contributed by atoms with Crippen LogP contribution in [0.4, 0.5) is 0 Å². The van der Waals surface area contributed by atoms with Crippen LogP contribution in [0.3, 0.4) is 0 Å². The van der Waals surface area contributed by atoms with E-state index in [0.717, 1.165) is 31.6 Å². The number of hydrogen-bond donors (Lipinski definition) is 1. The van der Waals surface area contributed by atoms with E-state index >= 15 is 0 Å². The molecule has 0 atom stereocenters. The minimum atomic E-state index is -0.668. The molecule has 0 fully saturated rings. The Morgan fingerprint density at radius 3 is 1.85 bits per heavy atom. The third-order valence-corrected chi connectivity index (χ3v) is 3.58. The van der Waals surface area contributed by atoms with Crippen LogP contribution in [0.2, 0.25) is 0 Å². The Balaban J connectivity index is 3.11. The molecule has 0 aliphatic heterocycles. The van der Waals surface area contributed by atoms with E-state index in [-0.39, 0.29) is 0 Å². The summed E-state index contributed by atoms with van der Waals surface area (Å²) in [5.74, 6) is 0.184. The fourth-order valence-electron chi connectivity index (χ4n) is 2.30. The summed E-state index contributed by atoms with van der Waals surface area (Å²) >= 11 is 0. The molecule has 2 heteroatoms. The topological polar surface area (TPSA) is 37.3 Å². The van der Waals surface area contributed by atoms with E-state index < -0.39 is 5.97 Å². The Kier molecular flexibility index (Phi) is 14.0. The van der Waals surface area contributed by atoms with E-state index in [1.807, 2.05) is 0 Å². The van der Waals surface area contributed by atoms with Gasteiger partial charge >= 0.3 is 5.97 Å². The zero-order valence-electron chi connectivity index (χ0n) is 13.6. The highest BCUT2D eigenvalue weighted by Crippen LogP contribution is 2.11. The Bertz CT molecular complexity index is 244. The van der Waals surface area contributed by atoms with Crippen LogP contribution in [0, 0.1) is 5.92 Å². The van der Waals surface area contributed by atoms with Gasteiger partial charge in [0.1, 0.15) is 0 Å². The van der Waals surface area contributed by atoms with E-state index in [0.29, 0.717) is 6.42 Å². The molecule has 0 amide bonds. The number of carboxylic acids is 1. The van der Waals surface area contributed by atoms with E-state index in [2.05, 4.69) is 26.0 Å². The van der Waals surface area contributed by atoms with Crippen molar-refractivity contribution in [3.05, 3.63) is 12.2 Å².